The lowest BCUT2D eigenvalue weighted by molar-refractivity contribution is -0.313. The molecule has 2 atom stereocenters. The molecule has 4 nitrogen and oxygen atoms in total. The highest BCUT2D eigenvalue weighted by Crippen LogP contribution is 2.33. The van der Waals surface area contributed by atoms with Crippen molar-refractivity contribution in [3.63, 3.8) is 0 Å². The lowest BCUT2D eigenvalue weighted by Gasteiger charge is -2.29. The smallest absolute Gasteiger partial charge is 0.228 e. The summed E-state index contributed by atoms with van der Waals surface area (Å²) in [5.41, 5.74) is 0.331. The lowest BCUT2D eigenvalue weighted by Crippen LogP contribution is -2.42. The molecule has 0 bridgehead atoms. The molecule has 2 rings (SSSR count). The summed E-state index contributed by atoms with van der Waals surface area (Å²) in [7, 11) is 0. The van der Waals surface area contributed by atoms with Crippen LogP contribution in [0.25, 0.3) is 0 Å². The van der Waals surface area contributed by atoms with E-state index < -0.39 is 23.7 Å². The highest BCUT2D eigenvalue weighted by atomic mass is 35.5. The van der Waals surface area contributed by atoms with Crippen molar-refractivity contribution in [2.75, 3.05) is 5.32 Å². The molecule has 1 N–H and O–H groups in total. The number of carbonyl (C=O) groups excluding carboxylic acids is 2. The zero-order valence-electron chi connectivity index (χ0n) is 10.7. The van der Waals surface area contributed by atoms with Crippen LogP contribution in [-0.2, 0) is 9.59 Å². The normalized spacial score (nSPS) is 21.6. The number of nitrogens with one attached hydrogen (secondary N) is 1. The number of carboxylic acids is 1. The maximum atomic E-state index is 12.3. The fraction of sp³-hybridized carbons (Fsp3) is 0.286. The summed E-state index contributed by atoms with van der Waals surface area (Å²) in [6.45, 7) is 0. The zero-order chi connectivity index (χ0) is 15.6. The van der Waals surface area contributed by atoms with Gasteiger partial charge >= 0.3 is 0 Å². The second-order valence-corrected chi connectivity index (χ2v) is 6.07. The van der Waals surface area contributed by atoms with Crippen molar-refractivity contribution in [1.29, 1.82) is 0 Å². The predicted octanol–water partition coefficient (Wildman–Crippen LogP) is 2.83. The molecule has 0 aromatic heterocycles. The molecular formula is C14H11Cl3NO3-. The summed E-state index contributed by atoms with van der Waals surface area (Å²) in [6, 6.07) is 4.63. The monoisotopic (exact) mass is 346 g/mol. The van der Waals surface area contributed by atoms with Crippen LogP contribution in [0.4, 0.5) is 5.69 Å². The Morgan fingerprint density at radius 1 is 1.19 bits per heavy atom. The Labute approximate surface area is 136 Å². The number of amides is 1. The molecule has 0 saturated carbocycles. The van der Waals surface area contributed by atoms with Crippen molar-refractivity contribution in [3.8, 4) is 0 Å². The first-order valence-corrected chi connectivity index (χ1v) is 7.33. The standard InChI is InChI=1S/C14H12Cl3NO3/c15-7-1-3-9(14(20)21)10(5-7)13(19)18-12-6-8(16)2-4-11(12)17/h1-2,4,6,9-10H,3,5H2,(H,18,19)(H,20,21)/p-1/t9-,10+/m0/s1. The van der Waals surface area contributed by atoms with Gasteiger partial charge in [-0.05, 0) is 31.0 Å². The van der Waals surface area contributed by atoms with Gasteiger partial charge in [-0.25, -0.2) is 0 Å². The third kappa shape index (κ3) is 3.90. The van der Waals surface area contributed by atoms with Crippen molar-refractivity contribution >= 4 is 52.4 Å². The van der Waals surface area contributed by atoms with E-state index in [4.69, 9.17) is 34.8 Å². The Morgan fingerprint density at radius 2 is 1.90 bits per heavy atom. The minimum atomic E-state index is -1.27. The van der Waals surface area contributed by atoms with Gasteiger partial charge in [-0.2, -0.15) is 0 Å². The third-order valence-electron chi connectivity index (χ3n) is 3.32. The molecule has 0 unspecified atom stereocenters. The number of carboxylic acid groups (broad SMARTS) is 1. The number of hydrogen-bond donors (Lipinski definition) is 1. The fourth-order valence-electron chi connectivity index (χ4n) is 2.21. The maximum absolute atomic E-state index is 12.3. The molecule has 0 radical (unpaired) electrons. The van der Waals surface area contributed by atoms with E-state index in [2.05, 4.69) is 5.32 Å². The van der Waals surface area contributed by atoms with Crippen LogP contribution in [0, 0.1) is 11.8 Å². The van der Waals surface area contributed by atoms with E-state index >= 15 is 0 Å². The molecule has 7 heteroatoms. The van der Waals surface area contributed by atoms with Crippen molar-refractivity contribution in [1.82, 2.24) is 0 Å². The number of carbonyl (C=O) groups is 2. The van der Waals surface area contributed by atoms with Gasteiger partial charge in [0.15, 0.2) is 0 Å². The maximum Gasteiger partial charge on any atom is 0.228 e. The molecule has 0 aliphatic heterocycles. The molecule has 1 aromatic rings. The summed E-state index contributed by atoms with van der Waals surface area (Å²) >= 11 is 17.7. The molecule has 1 amide bonds. The molecule has 0 heterocycles. The number of allylic oxidation sites excluding steroid dienone is 2. The summed E-state index contributed by atoms with van der Waals surface area (Å²) in [5, 5.41) is 14.9. The number of rotatable bonds is 3. The van der Waals surface area contributed by atoms with Crippen LogP contribution in [0.1, 0.15) is 12.8 Å². The van der Waals surface area contributed by atoms with E-state index in [9.17, 15) is 14.7 Å². The second kappa shape index (κ2) is 6.69. The van der Waals surface area contributed by atoms with Crippen molar-refractivity contribution in [2.24, 2.45) is 11.8 Å². The first kappa shape index (κ1) is 16.1. The van der Waals surface area contributed by atoms with Crippen molar-refractivity contribution in [2.45, 2.75) is 12.8 Å². The molecule has 112 valence electrons. The molecule has 0 fully saturated rings. The van der Waals surface area contributed by atoms with Gasteiger partial charge < -0.3 is 15.2 Å². The largest absolute Gasteiger partial charge is 0.550 e. The molecule has 1 aromatic carbocycles. The van der Waals surface area contributed by atoms with Gasteiger partial charge in [0.1, 0.15) is 0 Å². The van der Waals surface area contributed by atoms with E-state index in [0.29, 0.717) is 20.8 Å². The summed E-state index contributed by atoms with van der Waals surface area (Å²) < 4.78 is 0. The Bertz CT molecular complexity index is 615. The highest BCUT2D eigenvalue weighted by molar-refractivity contribution is 6.35. The van der Waals surface area contributed by atoms with Crippen LogP contribution in [-0.4, -0.2) is 11.9 Å². The third-order valence-corrected chi connectivity index (χ3v) is 4.19. The number of aliphatic carboxylic acids is 1. The quantitative estimate of drug-likeness (QED) is 0.914. The number of benzene rings is 1. The molecule has 21 heavy (non-hydrogen) atoms. The highest BCUT2D eigenvalue weighted by Gasteiger charge is 2.32. The Kier molecular flexibility index (Phi) is 5.14. The van der Waals surface area contributed by atoms with Gasteiger partial charge in [-0.1, -0.05) is 40.9 Å². The second-order valence-electron chi connectivity index (χ2n) is 4.74. The van der Waals surface area contributed by atoms with E-state index in [-0.39, 0.29) is 12.8 Å². The number of anilines is 1. The average Bonchev–Trinajstić information content (AvgIpc) is 2.42. The van der Waals surface area contributed by atoms with E-state index in [1.165, 1.54) is 6.07 Å². The SMILES string of the molecule is O=C([O-])[C@H]1CC=C(Cl)C[C@H]1C(=O)Nc1cc(Cl)ccc1Cl. The van der Waals surface area contributed by atoms with Crippen molar-refractivity contribution < 1.29 is 14.7 Å². The Balaban J connectivity index is 2.20. The Morgan fingerprint density at radius 3 is 2.57 bits per heavy atom. The molecule has 1 aliphatic carbocycles. The molecule has 0 spiro atoms. The van der Waals surface area contributed by atoms with E-state index in [0.717, 1.165) is 0 Å². The van der Waals surface area contributed by atoms with Crippen LogP contribution in [0.5, 0.6) is 0 Å². The van der Waals surface area contributed by atoms with Gasteiger partial charge in [-0.3, -0.25) is 4.79 Å². The minimum Gasteiger partial charge on any atom is -0.550 e. The van der Waals surface area contributed by atoms with Crippen molar-refractivity contribution in [3.05, 3.63) is 39.4 Å². The summed E-state index contributed by atoms with van der Waals surface area (Å²) in [6.07, 6.45) is 1.92. The fourth-order valence-corrected chi connectivity index (χ4v) is 2.80. The van der Waals surface area contributed by atoms with Crippen LogP contribution in [0.2, 0.25) is 10.0 Å². The number of halogens is 3. The van der Waals surface area contributed by atoms with Crippen LogP contribution < -0.4 is 10.4 Å². The van der Waals surface area contributed by atoms with Crippen LogP contribution in [0.3, 0.4) is 0 Å². The van der Waals surface area contributed by atoms with Crippen LogP contribution in [0.15, 0.2) is 29.3 Å². The van der Waals surface area contributed by atoms with Gasteiger partial charge in [0.05, 0.1) is 16.6 Å². The number of hydrogen-bond acceptors (Lipinski definition) is 3. The van der Waals surface area contributed by atoms with Gasteiger partial charge in [-0.15, -0.1) is 0 Å². The van der Waals surface area contributed by atoms with Crippen LogP contribution >= 0.6 is 34.8 Å². The predicted molar refractivity (Wildman–Crippen MR) is 80.2 cm³/mol. The first-order valence-electron chi connectivity index (χ1n) is 6.20. The summed E-state index contributed by atoms with van der Waals surface area (Å²) in [5.74, 6) is -3.46. The molecular weight excluding hydrogens is 337 g/mol. The molecule has 0 saturated heterocycles. The van der Waals surface area contributed by atoms with Gasteiger partial charge in [0, 0.05) is 21.9 Å². The van der Waals surface area contributed by atoms with E-state index in [1.54, 1.807) is 18.2 Å². The topological polar surface area (TPSA) is 69.2 Å². The first-order chi connectivity index (χ1) is 9.88. The average molecular weight is 348 g/mol. The minimum absolute atomic E-state index is 0.157. The van der Waals surface area contributed by atoms with E-state index in [1.807, 2.05) is 0 Å². The molecule has 1 aliphatic rings. The zero-order valence-corrected chi connectivity index (χ0v) is 13.0. The Hall–Kier alpha value is -1.23. The summed E-state index contributed by atoms with van der Waals surface area (Å²) in [4.78, 5) is 23.4. The van der Waals surface area contributed by atoms with Gasteiger partial charge in [0.2, 0.25) is 5.91 Å². The van der Waals surface area contributed by atoms with Gasteiger partial charge in [0.25, 0.3) is 0 Å². The lowest BCUT2D eigenvalue weighted by atomic mass is 9.82.